The lowest BCUT2D eigenvalue weighted by Gasteiger charge is -2.53. The molecule has 0 unspecified atom stereocenters. The summed E-state index contributed by atoms with van der Waals surface area (Å²) in [7, 11) is 1.14. The average Bonchev–Trinajstić information content (AvgIpc) is 2.80. The predicted octanol–water partition coefficient (Wildman–Crippen LogP) is 1.72. The molecular weight excluding hydrogens is 476 g/mol. The summed E-state index contributed by atoms with van der Waals surface area (Å²) in [5, 5.41) is 13.4. The van der Waals surface area contributed by atoms with Crippen LogP contribution in [0.2, 0.25) is 0 Å². The van der Waals surface area contributed by atoms with Gasteiger partial charge in [0.1, 0.15) is 6.61 Å². The van der Waals surface area contributed by atoms with Crippen molar-refractivity contribution in [2.75, 3.05) is 13.7 Å². The fraction of sp³-hybridized carbons (Fsp3) is 0.440. The minimum atomic E-state index is -2.47. The van der Waals surface area contributed by atoms with Crippen molar-refractivity contribution >= 4 is 34.6 Å². The van der Waals surface area contributed by atoms with Gasteiger partial charge in [-0.2, -0.15) is 0 Å². The monoisotopic (exact) mass is 504 g/mol. The zero-order chi connectivity index (χ0) is 26.7. The van der Waals surface area contributed by atoms with Gasteiger partial charge < -0.3 is 33.5 Å². The number of carbonyl (C=O) groups is 4. The Morgan fingerprint density at radius 3 is 2.06 bits per heavy atom. The maximum Gasteiger partial charge on any atom is 0.305 e. The summed E-state index contributed by atoms with van der Waals surface area (Å²) in [6.45, 7) is 3.80. The number of benzene rings is 2. The summed E-state index contributed by atoms with van der Waals surface area (Å²) in [4.78, 5) is 48.2. The molecule has 0 aromatic heterocycles. The van der Waals surface area contributed by atoms with Crippen LogP contribution in [0.3, 0.4) is 0 Å². The van der Waals surface area contributed by atoms with E-state index in [1.807, 2.05) is 0 Å². The highest BCUT2D eigenvalue weighted by atomic mass is 16.8. The molecule has 1 aliphatic rings. The number of esters is 4. The van der Waals surface area contributed by atoms with Crippen molar-refractivity contribution in [2.24, 2.45) is 0 Å². The first kappa shape index (κ1) is 27.1. The first-order chi connectivity index (χ1) is 16.9. The van der Waals surface area contributed by atoms with Gasteiger partial charge in [0, 0.05) is 40.4 Å². The fourth-order valence-corrected chi connectivity index (χ4v) is 4.34. The molecule has 0 amide bonds. The molecule has 1 heterocycles. The fourth-order valence-electron chi connectivity index (χ4n) is 4.34. The lowest BCUT2D eigenvalue weighted by molar-refractivity contribution is -0.426. The number of rotatable bonds is 7. The maximum absolute atomic E-state index is 12.2. The van der Waals surface area contributed by atoms with Crippen LogP contribution in [0.4, 0.5) is 0 Å². The van der Waals surface area contributed by atoms with Gasteiger partial charge in [0.05, 0.1) is 0 Å². The predicted molar refractivity (Wildman–Crippen MR) is 122 cm³/mol. The Morgan fingerprint density at radius 2 is 1.47 bits per heavy atom. The molecule has 11 nitrogen and oxygen atoms in total. The maximum atomic E-state index is 12.2. The Labute approximate surface area is 207 Å². The molecule has 1 N–H and O–H groups in total. The first-order valence-corrected chi connectivity index (χ1v) is 11.1. The summed E-state index contributed by atoms with van der Waals surface area (Å²) in [5.41, 5.74) is 0.157. The van der Waals surface area contributed by atoms with Crippen LogP contribution in [0.15, 0.2) is 42.5 Å². The molecule has 1 saturated heterocycles. The van der Waals surface area contributed by atoms with Crippen LogP contribution in [0.25, 0.3) is 10.8 Å². The van der Waals surface area contributed by atoms with Crippen LogP contribution in [-0.4, -0.2) is 66.8 Å². The summed E-state index contributed by atoms with van der Waals surface area (Å²) < 4.78 is 33.1. The van der Waals surface area contributed by atoms with Crippen LogP contribution in [0, 0.1) is 0 Å². The van der Waals surface area contributed by atoms with Gasteiger partial charge in [-0.1, -0.05) is 42.5 Å². The SMILES string of the molecule is CO[C@@]1(OC(C)=O)[C@H](OC(C)=O)[C@@H](OC(C)=O)[C@](O)(c2cccc3ccccc23)O[C@@H]1COC(C)=O. The molecule has 0 spiro atoms. The molecule has 5 atom stereocenters. The normalized spacial score (nSPS) is 27.7. The minimum Gasteiger partial charge on any atom is -0.463 e. The van der Waals surface area contributed by atoms with Crippen LogP contribution < -0.4 is 0 Å². The summed E-state index contributed by atoms with van der Waals surface area (Å²) in [5.74, 6) is -8.04. The third kappa shape index (κ3) is 5.18. The largest absolute Gasteiger partial charge is 0.463 e. The van der Waals surface area contributed by atoms with E-state index in [1.54, 1.807) is 36.4 Å². The molecular formula is C25H28O11. The van der Waals surface area contributed by atoms with Gasteiger partial charge >= 0.3 is 23.9 Å². The van der Waals surface area contributed by atoms with E-state index in [1.165, 1.54) is 6.07 Å². The van der Waals surface area contributed by atoms with Crippen LogP contribution in [0.1, 0.15) is 33.3 Å². The van der Waals surface area contributed by atoms with Crippen molar-refractivity contribution in [3.05, 3.63) is 48.0 Å². The van der Waals surface area contributed by atoms with Crippen molar-refractivity contribution < 1.29 is 52.7 Å². The van der Waals surface area contributed by atoms with Gasteiger partial charge in [0.15, 0.2) is 6.10 Å². The van der Waals surface area contributed by atoms with E-state index in [-0.39, 0.29) is 5.56 Å². The summed E-state index contributed by atoms with van der Waals surface area (Å²) in [6, 6.07) is 12.0. The van der Waals surface area contributed by atoms with Crippen molar-refractivity contribution in [1.29, 1.82) is 0 Å². The summed E-state index contributed by atoms with van der Waals surface area (Å²) >= 11 is 0. The van der Waals surface area contributed by atoms with Gasteiger partial charge in [-0.25, -0.2) is 0 Å². The van der Waals surface area contributed by atoms with Gasteiger partial charge in [-0.15, -0.1) is 0 Å². The van der Waals surface area contributed by atoms with E-state index >= 15 is 0 Å². The molecule has 11 heteroatoms. The average molecular weight is 504 g/mol. The molecule has 0 saturated carbocycles. The molecule has 2 aromatic carbocycles. The number of hydrogen-bond donors (Lipinski definition) is 1. The van der Waals surface area contributed by atoms with Crippen molar-refractivity contribution in [1.82, 2.24) is 0 Å². The van der Waals surface area contributed by atoms with E-state index in [0.29, 0.717) is 5.39 Å². The van der Waals surface area contributed by atoms with Crippen molar-refractivity contribution in [2.45, 2.75) is 57.6 Å². The summed E-state index contributed by atoms with van der Waals surface area (Å²) in [6.07, 6.45) is -5.06. The van der Waals surface area contributed by atoms with Gasteiger partial charge in [-0.05, 0) is 10.8 Å². The number of ether oxygens (including phenoxy) is 6. The molecule has 0 radical (unpaired) electrons. The minimum absolute atomic E-state index is 0.157. The molecule has 1 aliphatic heterocycles. The van der Waals surface area contributed by atoms with Crippen LogP contribution in [0.5, 0.6) is 0 Å². The van der Waals surface area contributed by atoms with Crippen LogP contribution >= 0.6 is 0 Å². The molecule has 0 bridgehead atoms. The van der Waals surface area contributed by atoms with E-state index in [9.17, 15) is 24.3 Å². The second kappa shape index (κ2) is 10.6. The molecule has 36 heavy (non-hydrogen) atoms. The molecule has 2 aromatic rings. The van der Waals surface area contributed by atoms with Crippen molar-refractivity contribution in [3.63, 3.8) is 0 Å². The van der Waals surface area contributed by atoms with Gasteiger partial charge in [0.2, 0.25) is 18.0 Å². The number of fused-ring (bicyclic) bond motifs is 1. The van der Waals surface area contributed by atoms with Gasteiger partial charge in [-0.3, -0.25) is 19.2 Å². The Kier molecular flexibility index (Phi) is 7.97. The quantitative estimate of drug-likeness (QED) is 0.334. The highest BCUT2D eigenvalue weighted by Gasteiger charge is 2.69. The Morgan fingerprint density at radius 1 is 0.861 bits per heavy atom. The van der Waals surface area contributed by atoms with Crippen LogP contribution in [-0.2, 0) is 53.4 Å². The molecule has 0 aliphatic carbocycles. The Balaban J connectivity index is 2.32. The van der Waals surface area contributed by atoms with Gasteiger partial charge in [0.25, 0.3) is 5.79 Å². The Hall–Kier alpha value is -3.54. The third-order valence-electron chi connectivity index (χ3n) is 5.65. The lowest BCUT2D eigenvalue weighted by Crippen LogP contribution is -2.73. The lowest BCUT2D eigenvalue weighted by atomic mass is 9.83. The standard InChI is InChI=1S/C25H28O11/c1-14(26)32-13-21-25(31-5,35-17(4)29)23(34-16(3)28)22(33-15(2)27)24(30,36-21)20-12-8-10-18-9-6-7-11-19(18)20/h6-12,21-23,30H,13H2,1-5H3/t21-,22-,23-,24+,25+/m1/s1. The van der Waals surface area contributed by atoms with E-state index in [2.05, 4.69) is 0 Å². The van der Waals surface area contributed by atoms with Crippen molar-refractivity contribution in [3.8, 4) is 0 Å². The first-order valence-electron chi connectivity index (χ1n) is 11.1. The number of aliphatic hydroxyl groups is 1. The van der Waals surface area contributed by atoms with E-state index in [0.717, 1.165) is 40.2 Å². The zero-order valence-electron chi connectivity index (χ0n) is 20.5. The molecule has 1 fully saturated rings. The van der Waals surface area contributed by atoms with E-state index < -0.39 is 60.4 Å². The topological polar surface area (TPSA) is 144 Å². The number of hydrogen-bond acceptors (Lipinski definition) is 11. The third-order valence-corrected chi connectivity index (χ3v) is 5.65. The molecule has 3 rings (SSSR count). The molecule has 194 valence electrons. The number of carbonyl (C=O) groups excluding carboxylic acids is 4. The smallest absolute Gasteiger partial charge is 0.305 e. The second-order valence-corrected chi connectivity index (χ2v) is 8.21. The zero-order valence-corrected chi connectivity index (χ0v) is 20.5. The number of methoxy groups -OCH3 is 1. The highest BCUT2D eigenvalue weighted by Crippen LogP contribution is 2.47. The highest BCUT2D eigenvalue weighted by molar-refractivity contribution is 5.86. The second-order valence-electron chi connectivity index (χ2n) is 8.21. The Bertz CT molecular complexity index is 1160. The van der Waals surface area contributed by atoms with E-state index in [4.69, 9.17) is 28.4 Å².